The molecule has 0 saturated carbocycles. The Hall–Kier alpha value is -3.00. The zero-order valence-corrected chi connectivity index (χ0v) is 18.4. The molecule has 0 aliphatic heterocycles. The van der Waals surface area contributed by atoms with E-state index in [1.165, 1.54) is 6.92 Å². The highest BCUT2D eigenvalue weighted by Gasteiger charge is 2.15. The molecule has 0 radical (unpaired) electrons. The summed E-state index contributed by atoms with van der Waals surface area (Å²) in [6.07, 6.45) is 1.08. The van der Waals surface area contributed by atoms with Crippen molar-refractivity contribution in [3.63, 3.8) is 0 Å². The van der Waals surface area contributed by atoms with Crippen LogP contribution < -0.4 is 15.5 Å². The second-order valence-electron chi connectivity index (χ2n) is 7.15. The Morgan fingerprint density at radius 2 is 1.83 bits per heavy atom. The van der Waals surface area contributed by atoms with Gasteiger partial charge in [0.1, 0.15) is 16.5 Å². The maximum Gasteiger partial charge on any atom is 0.221 e. The highest BCUT2D eigenvalue weighted by Crippen LogP contribution is 2.36. The molecule has 2 heterocycles. The molecule has 158 valence electrons. The van der Waals surface area contributed by atoms with Crippen LogP contribution in [0.2, 0.25) is 0 Å². The Kier molecular flexibility index (Phi) is 7.35. The summed E-state index contributed by atoms with van der Waals surface area (Å²) in [5.74, 6) is 1.49. The molecule has 0 fully saturated rings. The number of anilines is 1. The normalized spacial score (nSPS) is 10.8. The number of amides is 2. The van der Waals surface area contributed by atoms with Gasteiger partial charge in [-0.2, -0.15) is 0 Å². The van der Waals surface area contributed by atoms with Crippen molar-refractivity contribution >= 4 is 39.2 Å². The summed E-state index contributed by atoms with van der Waals surface area (Å²) >= 11 is 1.65. The molecule has 0 atom stereocenters. The van der Waals surface area contributed by atoms with Crippen molar-refractivity contribution in [3.8, 4) is 10.4 Å². The van der Waals surface area contributed by atoms with Gasteiger partial charge in [-0.25, -0.2) is 9.97 Å². The van der Waals surface area contributed by atoms with Gasteiger partial charge in [-0.3, -0.25) is 9.59 Å². The Morgan fingerprint density at radius 3 is 2.57 bits per heavy atom. The number of thiophene rings is 1. The number of hydrogen-bond donors (Lipinski definition) is 2. The molecular formula is C22H27N5O2S. The van der Waals surface area contributed by atoms with E-state index in [1.54, 1.807) is 11.3 Å². The molecule has 0 bridgehead atoms. The summed E-state index contributed by atoms with van der Waals surface area (Å²) in [6, 6.07) is 12.4. The molecule has 0 spiro atoms. The minimum absolute atomic E-state index is 0.0120. The van der Waals surface area contributed by atoms with Crippen molar-refractivity contribution in [1.82, 2.24) is 20.6 Å². The average Bonchev–Trinajstić information content (AvgIpc) is 3.15. The van der Waals surface area contributed by atoms with E-state index in [2.05, 4.69) is 38.8 Å². The second kappa shape index (κ2) is 10.2. The number of carbonyl (C=O) groups excluding carboxylic acids is 2. The molecule has 7 nitrogen and oxygen atoms in total. The van der Waals surface area contributed by atoms with E-state index in [4.69, 9.17) is 0 Å². The first kappa shape index (κ1) is 21.7. The van der Waals surface area contributed by atoms with Gasteiger partial charge >= 0.3 is 0 Å². The number of fused-ring (bicyclic) bond motifs is 1. The number of nitrogens with one attached hydrogen (secondary N) is 2. The maximum absolute atomic E-state index is 12.1. The van der Waals surface area contributed by atoms with Gasteiger partial charge in [0.05, 0.1) is 5.39 Å². The zero-order chi connectivity index (χ0) is 21.5. The first-order chi connectivity index (χ1) is 14.4. The lowest BCUT2D eigenvalue weighted by molar-refractivity contribution is -0.120. The molecule has 3 rings (SSSR count). The third-order valence-corrected chi connectivity index (χ3v) is 5.71. The summed E-state index contributed by atoms with van der Waals surface area (Å²) in [4.78, 5) is 36.3. The molecule has 0 aliphatic rings. The molecule has 2 N–H and O–H groups in total. The van der Waals surface area contributed by atoms with Gasteiger partial charge in [0.25, 0.3) is 0 Å². The topological polar surface area (TPSA) is 87.2 Å². The lowest BCUT2D eigenvalue weighted by Gasteiger charge is -2.19. The van der Waals surface area contributed by atoms with Crippen LogP contribution in [0, 0.1) is 6.92 Å². The van der Waals surface area contributed by atoms with Crippen molar-refractivity contribution in [3.05, 3.63) is 42.2 Å². The van der Waals surface area contributed by atoms with Crippen LogP contribution in [0.1, 0.15) is 25.6 Å². The predicted octanol–water partition coefficient (Wildman–Crippen LogP) is 3.14. The van der Waals surface area contributed by atoms with E-state index in [0.717, 1.165) is 26.5 Å². The Labute approximate surface area is 180 Å². The first-order valence-electron chi connectivity index (χ1n) is 10.00. The molecule has 3 aromatic rings. The molecule has 2 amide bonds. The van der Waals surface area contributed by atoms with Crippen LogP contribution >= 0.6 is 11.3 Å². The number of aromatic nitrogens is 2. The number of carbonyl (C=O) groups is 2. The minimum Gasteiger partial charge on any atom is -0.359 e. The van der Waals surface area contributed by atoms with Crippen molar-refractivity contribution in [2.45, 2.75) is 26.7 Å². The van der Waals surface area contributed by atoms with E-state index in [9.17, 15) is 9.59 Å². The van der Waals surface area contributed by atoms with E-state index in [1.807, 2.05) is 37.1 Å². The third kappa shape index (κ3) is 5.76. The summed E-state index contributed by atoms with van der Waals surface area (Å²) in [5.41, 5.74) is 1.16. The predicted molar refractivity (Wildman–Crippen MR) is 122 cm³/mol. The fraction of sp³-hybridized carbons (Fsp3) is 0.364. The summed E-state index contributed by atoms with van der Waals surface area (Å²) in [5, 5.41) is 6.61. The van der Waals surface area contributed by atoms with E-state index in [0.29, 0.717) is 38.3 Å². The van der Waals surface area contributed by atoms with Crippen molar-refractivity contribution in [2.75, 3.05) is 31.6 Å². The van der Waals surface area contributed by atoms with Gasteiger partial charge in [0.15, 0.2) is 0 Å². The van der Waals surface area contributed by atoms with Gasteiger partial charge in [-0.1, -0.05) is 30.3 Å². The van der Waals surface area contributed by atoms with Crippen LogP contribution in [0.3, 0.4) is 0 Å². The summed E-state index contributed by atoms with van der Waals surface area (Å²) in [7, 11) is 1.95. The first-order valence-corrected chi connectivity index (χ1v) is 10.8. The fourth-order valence-electron chi connectivity index (χ4n) is 3.09. The Bertz CT molecular complexity index is 1020. The quantitative estimate of drug-likeness (QED) is 0.514. The number of aryl methyl sites for hydroxylation is 1. The van der Waals surface area contributed by atoms with Crippen LogP contribution in [-0.4, -0.2) is 48.5 Å². The van der Waals surface area contributed by atoms with Crippen LogP contribution in [0.4, 0.5) is 5.82 Å². The number of nitrogens with zero attached hydrogens (tertiary/aromatic N) is 3. The standard InChI is InChI=1S/C22H27N5O2S/c1-15-25-21(27(3)13-10-20(29)24-12-7-11-23-16(2)28)18-14-19(30-22(18)26-15)17-8-5-4-6-9-17/h4-6,8-9,14H,7,10-13H2,1-3H3,(H,23,28)(H,24,29). The number of rotatable bonds is 9. The van der Waals surface area contributed by atoms with Crippen LogP contribution in [0.25, 0.3) is 20.7 Å². The van der Waals surface area contributed by atoms with Gasteiger partial charge in [-0.15, -0.1) is 11.3 Å². The van der Waals surface area contributed by atoms with E-state index >= 15 is 0 Å². The highest BCUT2D eigenvalue weighted by molar-refractivity contribution is 7.21. The molecule has 8 heteroatoms. The largest absolute Gasteiger partial charge is 0.359 e. The summed E-state index contributed by atoms with van der Waals surface area (Å²) in [6.45, 7) is 5.04. The monoisotopic (exact) mass is 425 g/mol. The molecule has 2 aromatic heterocycles. The van der Waals surface area contributed by atoms with Crippen LogP contribution in [-0.2, 0) is 9.59 Å². The van der Waals surface area contributed by atoms with Crippen LogP contribution in [0.5, 0.6) is 0 Å². The zero-order valence-electron chi connectivity index (χ0n) is 17.6. The van der Waals surface area contributed by atoms with E-state index in [-0.39, 0.29) is 11.8 Å². The van der Waals surface area contributed by atoms with Crippen molar-refractivity contribution in [2.24, 2.45) is 0 Å². The third-order valence-electron chi connectivity index (χ3n) is 4.63. The van der Waals surface area contributed by atoms with Gasteiger partial charge < -0.3 is 15.5 Å². The van der Waals surface area contributed by atoms with Crippen molar-refractivity contribution in [1.29, 1.82) is 0 Å². The smallest absolute Gasteiger partial charge is 0.221 e. The molecule has 30 heavy (non-hydrogen) atoms. The van der Waals surface area contributed by atoms with Crippen molar-refractivity contribution < 1.29 is 9.59 Å². The van der Waals surface area contributed by atoms with Crippen LogP contribution in [0.15, 0.2) is 36.4 Å². The molecule has 0 saturated heterocycles. The SMILES string of the molecule is CC(=O)NCCCNC(=O)CCN(C)c1nc(C)nc2sc(-c3ccccc3)cc12. The van der Waals surface area contributed by atoms with Gasteiger partial charge in [0.2, 0.25) is 11.8 Å². The highest BCUT2D eigenvalue weighted by atomic mass is 32.1. The molecule has 1 aromatic carbocycles. The minimum atomic E-state index is -0.0572. The van der Waals surface area contributed by atoms with Gasteiger partial charge in [-0.05, 0) is 25.0 Å². The lowest BCUT2D eigenvalue weighted by atomic mass is 10.2. The molecular weight excluding hydrogens is 398 g/mol. The fourth-order valence-corrected chi connectivity index (χ4v) is 4.17. The lowest BCUT2D eigenvalue weighted by Crippen LogP contribution is -2.31. The number of benzene rings is 1. The summed E-state index contributed by atoms with van der Waals surface area (Å²) < 4.78 is 0. The Balaban J connectivity index is 1.63. The maximum atomic E-state index is 12.1. The molecule has 0 unspecified atom stereocenters. The number of hydrogen-bond acceptors (Lipinski definition) is 6. The second-order valence-corrected chi connectivity index (χ2v) is 8.18. The molecule has 0 aliphatic carbocycles. The average molecular weight is 426 g/mol. The Morgan fingerprint density at radius 1 is 1.10 bits per heavy atom. The van der Waals surface area contributed by atoms with E-state index < -0.39 is 0 Å². The van der Waals surface area contributed by atoms with Gasteiger partial charge in [0, 0.05) is 44.9 Å².